The Morgan fingerprint density at radius 2 is 2.38 bits per heavy atom. The van der Waals surface area contributed by atoms with Crippen molar-refractivity contribution in [3.8, 4) is 0 Å². The van der Waals surface area contributed by atoms with E-state index >= 15 is 0 Å². The van der Waals surface area contributed by atoms with Crippen molar-refractivity contribution >= 4 is 11.6 Å². The summed E-state index contributed by atoms with van der Waals surface area (Å²) in [4.78, 5) is 10.4. The molecule has 1 heterocycles. The Bertz CT molecular complexity index is 170. The summed E-state index contributed by atoms with van der Waals surface area (Å²) in [6, 6.07) is 0. The lowest BCUT2D eigenvalue weighted by Gasteiger charge is -1.81. The minimum atomic E-state index is -0.299. The van der Waals surface area contributed by atoms with Gasteiger partial charge in [0.1, 0.15) is 5.71 Å². The minimum absolute atomic E-state index is 0.299. The van der Waals surface area contributed by atoms with Gasteiger partial charge in [-0.05, 0) is 11.6 Å². The van der Waals surface area contributed by atoms with Crippen molar-refractivity contribution in [2.24, 2.45) is 15.4 Å². The van der Waals surface area contributed by atoms with Gasteiger partial charge < -0.3 is 0 Å². The van der Waals surface area contributed by atoms with E-state index in [9.17, 15) is 4.79 Å². The average Bonchev–Trinajstić information content (AvgIpc) is 2.14. The topological polar surface area (TPSA) is 54.1 Å². The van der Waals surface area contributed by atoms with Crippen LogP contribution < -0.4 is 0 Å². The zero-order valence-corrected chi connectivity index (χ0v) is 4.46. The second-order valence-electron chi connectivity index (χ2n) is 1.39. The smallest absolute Gasteiger partial charge is 0.264 e. The molecule has 0 aromatic heterocycles. The van der Waals surface area contributed by atoms with Crippen LogP contribution in [0.3, 0.4) is 0 Å². The Morgan fingerprint density at radius 1 is 1.62 bits per heavy atom. The largest absolute Gasteiger partial charge is 0.313 e. The molecule has 0 radical (unpaired) electrons. The van der Waals surface area contributed by atoms with Gasteiger partial charge >= 0.3 is 5.91 Å². The number of rotatable bonds is 1. The maximum atomic E-state index is 10.4. The van der Waals surface area contributed by atoms with Gasteiger partial charge in [-0.25, -0.2) is 0 Å². The Morgan fingerprint density at radius 3 is 2.62 bits per heavy atom. The summed E-state index contributed by atoms with van der Waals surface area (Å²) in [5.74, 6) is -0.299. The summed E-state index contributed by atoms with van der Waals surface area (Å²) < 4.78 is 0. The van der Waals surface area contributed by atoms with Gasteiger partial charge in [0.05, 0.1) is 0 Å². The van der Waals surface area contributed by atoms with Gasteiger partial charge in [-0.2, -0.15) is 0 Å². The van der Waals surface area contributed by atoms with Crippen LogP contribution in [0.2, 0.25) is 0 Å². The predicted molar refractivity (Wildman–Crippen MR) is 27.6 cm³/mol. The van der Waals surface area contributed by atoms with Crippen molar-refractivity contribution in [3.63, 3.8) is 0 Å². The van der Waals surface area contributed by atoms with Crippen LogP contribution in [0.25, 0.3) is 0 Å². The molecule has 4 nitrogen and oxygen atoms in total. The molecule has 0 aromatic rings. The van der Waals surface area contributed by atoms with Crippen molar-refractivity contribution in [2.45, 2.75) is 13.3 Å². The summed E-state index contributed by atoms with van der Waals surface area (Å²) in [7, 11) is 0. The number of hydrogen-bond acceptors (Lipinski definition) is 3. The van der Waals surface area contributed by atoms with E-state index < -0.39 is 0 Å². The molecule has 1 aliphatic heterocycles. The van der Waals surface area contributed by atoms with E-state index in [2.05, 4.69) is 15.4 Å². The second-order valence-corrected chi connectivity index (χ2v) is 1.39. The summed E-state index contributed by atoms with van der Waals surface area (Å²) in [5.41, 5.74) is 0.449. The molecule has 0 saturated heterocycles. The van der Waals surface area contributed by atoms with E-state index in [-0.39, 0.29) is 5.91 Å². The van der Waals surface area contributed by atoms with E-state index in [0.29, 0.717) is 12.1 Å². The molecule has 42 valence electrons. The quantitative estimate of drug-likeness (QED) is 0.492. The Balaban J connectivity index is 2.73. The number of amides is 1. The lowest BCUT2D eigenvalue weighted by Crippen LogP contribution is -2.04. The van der Waals surface area contributed by atoms with Crippen LogP contribution in [0.1, 0.15) is 13.3 Å². The standard InChI is InChI=1S/C4H5N3O/c1-2-3-4(8)6-7-5-3/h2H2,1H3. The van der Waals surface area contributed by atoms with Crippen LogP contribution >= 0.6 is 0 Å². The first-order valence-corrected chi connectivity index (χ1v) is 2.36. The van der Waals surface area contributed by atoms with Gasteiger partial charge in [0.15, 0.2) is 0 Å². The van der Waals surface area contributed by atoms with Crippen LogP contribution in [0.4, 0.5) is 0 Å². The highest BCUT2D eigenvalue weighted by molar-refractivity contribution is 6.39. The van der Waals surface area contributed by atoms with Crippen molar-refractivity contribution < 1.29 is 4.79 Å². The van der Waals surface area contributed by atoms with Gasteiger partial charge in [-0.1, -0.05) is 12.0 Å². The average molecular weight is 111 g/mol. The van der Waals surface area contributed by atoms with E-state index in [1.807, 2.05) is 6.92 Å². The van der Waals surface area contributed by atoms with Gasteiger partial charge in [0.25, 0.3) is 0 Å². The number of carbonyl (C=O) groups is 1. The Labute approximate surface area is 46.3 Å². The molecule has 0 aliphatic carbocycles. The summed E-state index contributed by atoms with van der Waals surface area (Å²) in [5, 5.41) is 9.81. The fraction of sp³-hybridized carbons (Fsp3) is 0.500. The fourth-order valence-electron chi connectivity index (χ4n) is 0.439. The molecule has 1 rings (SSSR count). The molecule has 0 saturated carbocycles. The summed E-state index contributed by atoms with van der Waals surface area (Å²) in [6.45, 7) is 1.84. The molecule has 1 aliphatic rings. The summed E-state index contributed by atoms with van der Waals surface area (Å²) >= 11 is 0. The first kappa shape index (κ1) is 5.08. The third-order valence-corrected chi connectivity index (χ3v) is 0.883. The molecular weight excluding hydrogens is 106 g/mol. The van der Waals surface area contributed by atoms with Crippen LogP contribution in [0.5, 0.6) is 0 Å². The highest BCUT2D eigenvalue weighted by atomic mass is 16.2. The highest BCUT2D eigenvalue weighted by Crippen LogP contribution is 1.98. The van der Waals surface area contributed by atoms with Gasteiger partial charge in [-0.15, -0.1) is 5.10 Å². The van der Waals surface area contributed by atoms with E-state index in [1.165, 1.54) is 0 Å². The summed E-state index contributed by atoms with van der Waals surface area (Å²) in [6.07, 6.45) is 0.617. The zero-order chi connectivity index (χ0) is 5.98. The van der Waals surface area contributed by atoms with E-state index in [1.54, 1.807) is 0 Å². The zero-order valence-electron chi connectivity index (χ0n) is 4.46. The number of hydrogen-bond donors (Lipinski definition) is 0. The lowest BCUT2D eigenvalue weighted by atomic mass is 10.3. The molecule has 1 amide bonds. The Hall–Kier alpha value is -1.06. The molecule has 0 fully saturated rings. The first-order chi connectivity index (χ1) is 3.84. The molecule has 4 heteroatoms. The third-order valence-electron chi connectivity index (χ3n) is 0.883. The van der Waals surface area contributed by atoms with Crippen molar-refractivity contribution in [1.29, 1.82) is 0 Å². The van der Waals surface area contributed by atoms with Crippen molar-refractivity contribution in [2.75, 3.05) is 0 Å². The molecule has 0 atom stereocenters. The maximum absolute atomic E-state index is 10.4. The van der Waals surface area contributed by atoms with Gasteiger partial charge in [0.2, 0.25) is 0 Å². The molecule has 0 spiro atoms. The van der Waals surface area contributed by atoms with Crippen LogP contribution in [-0.2, 0) is 4.79 Å². The third kappa shape index (κ3) is 0.641. The molecular formula is C4H5N3O. The predicted octanol–water partition coefficient (Wildman–Crippen LogP) is 0.745. The lowest BCUT2D eigenvalue weighted by molar-refractivity contribution is -0.112. The van der Waals surface area contributed by atoms with Crippen LogP contribution in [-0.4, -0.2) is 11.6 Å². The van der Waals surface area contributed by atoms with Crippen LogP contribution in [0, 0.1) is 0 Å². The minimum Gasteiger partial charge on any atom is -0.264 e. The van der Waals surface area contributed by atoms with Crippen molar-refractivity contribution in [1.82, 2.24) is 0 Å². The van der Waals surface area contributed by atoms with Gasteiger partial charge in [-0.3, -0.25) is 4.79 Å². The molecule has 0 bridgehead atoms. The Kier molecular flexibility index (Phi) is 1.15. The normalized spacial score (nSPS) is 17.1. The molecule has 0 N–H and O–H groups in total. The SMILES string of the molecule is CCC1=NN=NC1=O. The fourth-order valence-corrected chi connectivity index (χ4v) is 0.439. The van der Waals surface area contributed by atoms with Gasteiger partial charge in [0, 0.05) is 0 Å². The maximum Gasteiger partial charge on any atom is 0.313 e. The van der Waals surface area contributed by atoms with E-state index in [4.69, 9.17) is 0 Å². The van der Waals surface area contributed by atoms with E-state index in [0.717, 1.165) is 0 Å². The number of nitrogens with zero attached hydrogens (tertiary/aromatic N) is 3. The van der Waals surface area contributed by atoms with Crippen molar-refractivity contribution in [3.05, 3.63) is 0 Å². The highest BCUT2D eigenvalue weighted by Gasteiger charge is 2.11. The molecule has 0 unspecified atom stereocenters. The molecule has 8 heavy (non-hydrogen) atoms. The number of carbonyl (C=O) groups excluding carboxylic acids is 1. The monoisotopic (exact) mass is 111 g/mol. The molecule has 0 aromatic carbocycles. The van der Waals surface area contributed by atoms with Crippen LogP contribution in [0.15, 0.2) is 15.4 Å². The first-order valence-electron chi connectivity index (χ1n) is 2.36. The second kappa shape index (κ2) is 1.81.